The molecule has 0 saturated heterocycles. The van der Waals surface area contributed by atoms with E-state index in [0.717, 1.165) is 5.69 Å². The molecule has 3 aromatic heterocycles. The summed E-state index contributed by atoms with van der Waals surface area (Å²) in [4.78, 5) is 12.7. The van der Waals surface area contributed by atoms with Gasteiger partial charge in [0.25, 0.3) is 5.91 Å². The van der Waals surface area contributed by atoms with Crippen molar-refractivity contribution in [1.29, 1.82) is 0 Å². The topological polar surface area (TPSA) is 81.9 Å². The molecular weight excluding hydrogens is 398 g/mol. The first-order valence-electron chi connectivity index (χ1n) is 8.28. The van der Waals surface area contributed by atoms with Crippen molar-refractivity contribution < 1.29 is 9.53 Å². The SMILES string of the molecule is Cc1ccn(-c2ccc(Oc3ccc(NC(=O)c4ccc(Cl)s4)cc3)nn2)n1. The lowest BCUT2D eigenvalue weighted by molar-refractivity contribution is 0.103. The van der Waals surface area contributed by atoms with E-state index in [1.807, 2.05) is 19.2 Å². The summed E-state index contributed by atoms with van der Waals surface area (Å²) in [5, 5.41) is 15.3. The van der Waals surface area contributed by atoms with Crippen molar-refractivity contribution in [3.8, 4) is 17.4 Å². The Morgan fingerprint density at radius 1 is 1.07 bits per heavy atom. The summed E-state index contributed by atoms with van der Waals surface area (Å²) in [6.45, 7) is 1.91. The van der Waals surface area contributed by atoms with E-state index in [0.29, 0.717) is 32.3 Å². The summed E-state index contributed by atoms with van der Waals surface area (Å²) >= 11 is 7.09. The smallest absolute Gasteiger partial charge is 0.265 e. The Kier molecular flexibility index (Phi) is 5.05. The van der Waals surface area contributed by atoms with E-state index in [9.17, 15) is 4.79 Å². The number of carbonyl (C=O) groups is 1. The number of hydrogen-bond donors (Lipinski definition) is 1. The highest BCUT2D eigenvalue weighted by Crippen LogP contribution is 2.24. The lowest BCUT2D eigenvalue weighted by Gasteiger charge is -2.07. The van der Waals surface area contributed by atoms with E-state index in [2.05, 4.69) is 20.6 Å². The summed E-state index contributed by atoms with van der Waals surface area (Å²) in [6.07, 6.45) is 1.82. The van der Waals surface area contributed by atoms with Gasteiger partial charge < -0.3 is 10.1 Å². The van der Waals surface area contributed by atoms with Crippen LogP contribution in [0.3, 0.4) is 0 Å². The van der Waals surface area contributed by atoms with Gasteiger partial charge in [-0.3, -0.25) is 4.79 Å². The zero-order valence-corrected chi connectivity index (χ0v) is 16.2. The fraction of sp³-hybridized carbons (Fsp3) is 0.0526. The predicted octanol–water partition coefficient (Wildman–Crippen LogP) is 4.73. The van der Waals surface area contributed by atoms with Gasteiger partial charge in [0.1, 0.15) is 5.75 Å². The number of nitrogens with zero attached hydrogens (tertiary/aromatic N) is 4. The molecule has 0 aliphatic carbocycles. The molecule has 0 aliphatic rings. The van der Waals surface area contributed by atoms with Crippen molar-refractivity contribution in [2.45, 2.75) is 6.92 Å². The van der Waals surface area contributed by atoms with Gasteiger partial charge in [0.05, 0.1) is 14.9 Å². The van der Waals surface area contributed by atoms with E-state index >= 15 is 0 Å². The molecule has 1 N–H and O–H groups in total. The molecular formula is C19H14ClN5O2S. The quantitative estimate of drug-likeness (QED) is 0.513. The van der Waals surface area contributed by atoms with E-state index < -0.39 is 0 Å². The lowest BCUT2D eigenvalue weighted by atomic mass is 10.3. The minimum atomic E-state index is -0.208. The third kappa shape index (κ3) is 4.19. The van der Waals surface area contributed by atoms with Gasteiger partial charge >= 0.3 is 0 Å². The van der Waals surface area contributed by atoms with Crippen LogP contribution in [0.25, 0.3) is 5.82 Å². The first-order chi connectivity index (χ1) is 13.6. The number of amides is 1. The molecule has 140 valence electrons. The maximum Gasteiger partial charge on any atom is 0.265 e. The van der Waals surface area contributed by atoms with Gasteiger partial charge in [-0.1, -0.05) is 11.6 Å². The fourth-order valence-corrected chi connectivity index (χ4v) is 3.33. The van der Waals surface area contributed by atoms with Crippen LogP contribution in [-0.2, 0) is 0 Å². The van der Waals surface area contributed by atoms with Gasteiger partial charge in [-0.15, -0.1) is 21.5 Å². The highest BCUT2D eigenvalue weighted by Gasteiger charge is 2.09. The molecule has 0 bridgehead atoms. The largest absolute Gasteiger partial charge is 0.438 e. The molecule has 7 nitrogen and oxygen atoms in total. The Balaban J connectivity index is 1.39. The summed E-state index contributed by atoms with van der Waals surface area (Å²) in [5.41, 5.74) is 1.55. The first-order valence-corrected chi connectivity index (χ1v) is 9.47. The summed E-state index contributed by atoms with van der Waals surface area (Å²) in [6, 6.07) is 15.7. The number of hydrogen-bond acceptors (Lipinski definition) is 6. The van der Waals surface area contributed by atoms with Crippen molar-refractivity contribution in [3.63, 3.8) is 0 Å². The van der Waals surface area contributed by atoms with Crippen LogP contribution in [-0.4, -0.2) is 25.9 Å². The number of halogens is 1. The van der Waals surface area contributed by atoms with Crippen molar-refractivity contribution in [2.75, 3.05) is 5.32 Å². The molecule has 0 radical (unpaired) electrons. The highest BCUT2D eigenvalue weighted by atomic mass is 35.5. The molecule has 28 heavy (non-hydrogen) atoms. The number of ether oxygens (including phenoxy) is 1. The average molecular weight is 412 g/mol. The van der Waals surface area contributed by atoms with Crippen LogP contribution in [0.1, 0.15) is 15.4 Å². The summed E-state index contributed by atoms with van der Waals surface area (Å²) < 4.78 is 7.91. The Labute approximate surface area is 169 Å². The van der Waals surface area contributed by atoms with Gasteiger partial charge in [0, 0.05) is 18.0 Å². The second-order valence-electron chi connectivity index (χ2n) is 5.82. The molecule has 0 atom stereocenters. The number of rotatable bonds is 5. The third-order valence-electron chi connectivity index (χ3n) is 3.71. The van der Waals surface area contributed by atoms with Crippen molar-refractivity contribution >= 4 is 34.5 Å². The van der Waals surface area contributed by atoms with Crippen molar-refractivity contribution in [1.82, 2.24) is 20.0 Å². The normalized spacial score (nSPS) is 10.6. The molecule has 0 spiro atoms. The van der Waals surface area contributed by atoms with E-state index in [1.54, 1.807) is 53.2 Å². The van der Waals surface area contributed by atoms with Gasteiger partial charge in [-0.2, -0.15) is 5.10 Å². The molecule has 9 heteroatoms. The van der Waals surface area contributed by atoms with Gasteiger partial charge in [-0.25, -0.2) is 4.68 Å². The predicted molar refractivity (Wildman–Crippen MR) is 108 cm³/mol. The molecule has 1 aromatic carbocycles. The second kappa shape index (κ2) is 7.79. The fourth-order valence-electron chi connectivity index (χ4n) is 2.39. The van der Waals surface area contributed by atoms with Gasteiger partial charge in [0.2, 0.25) is 5.88 Å². The Morgan fingerprint density at radius 3 is 2.50 bits per heavy atom. The zero-order valence-electron chi connectivity index (χ0n) is 14.7. The Hall–Kier alpha value is -3.23. The summed E-state index contributed by atoms with van der Waals surface area (Å²) in [7, 11) is 0. The maximum atomic E-state index is 12.1. The first kappa shape index (κ1) is 18.1. The number of aromatic nitrogens is 4. The maximum absolute atomic E-state index is 12.1. The van der Waals surface area contributed by atoms with E-state index in [4.69, 9.17) is 16.3 Å². The molecule has 1 amide bonds. The van der Waals surface area contributed by atoms with Gasteiger partial charge in [0.15, 0.2) is 5.82 Å². The zero-order chi connectivity index (χ0) is 19.5. The molecule has 3 heterocycles. The van der Waals surface area contributed by atoms with Crippen LogP contribution < -0.4 is 10.1 Å². The molecule has 4 aromatic rings. The van der Waals surface area contributed by atoms with E-state index in [-0.39, 0.29) is 5.91 Å². The van der Waals surface area contributed by atoms with Crippen LogP contribution in [0.2, 0.25) is 4.34 Å². The van der Waals surface area contributed by atoms with Crippen LogP contribution in [0, 0.1) is 6.92 Å². The van der Waals surface area contributed by atoms with Crippen LogP contribution in [0.4, 0.5) is 5.69 Å². The minimum Gasteiger partial charge on any atom is -0.438 e. The molecule has 4 rings (SSSR count). The van der Waals surface area contributed by atoms with Crippen LogP contribution in [0.15, 0.2) is 60.8 Å². The monoisotopic (exact) mass is 411 g/mol. The second-order valence-corrected chi connectivity index (χ2v) is 7.53. The van der Waals surface area contributed by atoms with Crippen LogP contribution >= 0.6 is 22.9 Å². The van der Waals surface area contributed by atoms with Crippen molar-refractivity contribution in [2.24, 2.45) is 0 Å². The number of benzene rings is 1. The molecule has 0 fully saturated rings. The Bertz CT molecular complexity index is 1110. The molecule has 0 saturated carbocycles. The van der Waals surface area contributed by atoms with Crippen LogP contribution in [0.5, 0.6) is 11.6 Å². The van der Waals surface area contributed by atoms with Crippen molar-refractivity contribution in [3.05, 3.63) is 75.7 Å². The third-order valence-corrected chi connectivity index (χ3v) is 4.94. The number of carbonyl (C=O) groups excluding carboxylic acids is 1. The number of anilines is 1. The summed E-state index contributed by atoms with van der Waals surface area (Å²) in [5.74, 6) is 1.33. The molecule has 0 unspecified atom stereocenters. The minimum absolute atomic E-state index is 0.208. The number of thiophene rings is 1. The average Bonchev–Trinajstić information content (AvgIpc) is 3.32. The van der Waals surface area contributed by atoms with E-state index in [1.165, 1.54) is 11.3 Å². The number of aryl methyl sites for hydroxylation is 1. The molecule has 0 aliphatic heterocycles. The Morgan fingerprint density at radius 2 is 1.89 bits per heavy atom. The van der Waals surface area contributed by atoms with Gasteiger partial charge in [-0.05, 0) is 55.5 Å². The highest BCUT2D eigenvalue weighted by molar-refractivity contribution is 7.18. The number of nitrogens with one attached hydrogen (secondary N) is 1. The standard InChI is InChI=1S/C19H14ClN5O2S/c1-12-10-11-25(24-12)17-8-9-18(23-22-17)27-14-4-2-13(3-5-14)21-19(26)15-6-7-16(20)28-15/h2-11H,1H3,(H,21,26). The lowest BCUT2D eigenvalue weighted by Crippen LogP contribution is -2.09.